The molecule has 0 bridgehead atoms. The zero-order valence-electron chi connectivity index (χ0n) is 12.6. The lowest BCUT2D eigenvalue weighted by atomic mass is 10.0. The minimum atomic E-state index is 0.326. The molecule has 3 nitrogen and oxygen atoms in total. The van der Waals surface area contributed by atoms with Gasteiger partial charge in [0.25, 0.3) is 0 Å². The lowest BCUT2D eigenvalue weighted by molar-refractivity contribution is 0.0910. The van der Waals surface area contributed by atoms with Gasteiger partial charge in [-0.15, -0.1) is 0 Å². The monoisotopic (exact) mass is 339 g/mol. The highest BCUT2D eigenvalue weighted by Gasteiger charge is 2.25. The molecule has 1 aromatic carbocycles. The predicted octanol–water partition coefficient (Wildman–Crippen LogP) is 2.72. The fraction of sp³-hybridized carbons (Fsp3) is 0.625. The van der Waals surface area contributed by atoms with Crippen LogP contribution in [-0.4, -0.2) is 49.1 Å². The molecular weight excluding hydrogens is 314 g/mol. The average molecular weight is 340 g/mol. The van der Waals surface area contributed by atoms with Crippen molar-refractivity contribution in [3.8, 4) is 0 Å². The van der Waals surface area contributed by atoms with Crippen LogP contribution in [0.2, 0.25) is 0 Å². The molecule has 1 aromatic rings. The molecule has 0 radical (unpaired) electrons. The SMILES string of the molecule is CC(C)CN1CCN(C(CN)c2ccccc2Br)CC1. The molecule has 1 aliphatic rings. The standard InChI is InChI=1S/C16H26BrN3/c1-13(2)12-19-7-9-20(10-8-19)16(11-18)14-5-3-4-6-15(14)17/h3-6,13,16H,7-12,18H2,1-2H3. The van der Waals surface area contributed by atoms with Crippen molar-refractivity contribution in [2.45, 2.75) is 19.9 Å². The van der Waals surface area contributed by atoms with Crippen molar-refractivity contribution in [1.29, 1.82) is 0 Å². The quantitative estimate of drug-likeness (QED) is 0.895. The smallest absolute Gasteiger partial charge is 0.0482 e. The van der Waals surface area contributed by atoms with E-state index in [4.69, 9.17) is 5.73 Å². The van der Waals surface area contributed by atoms with E-state index < -0.39 is 0 Å². The number of hydrogen-bond donors (Lipinski definition) is 1. The lowest BCUT2D eigenvalue weighted by Crippen LogP contribution is -2.49. The third-order valence-electron chi connectivity index (χ3n) is 3.96. The van der Waals surface area contributed by atoms with Crippen LogP contribution in [0.15, 0.2) is 28.7 Å². The summed E-state index contributed by atoms with van der Waals surface area (Å²) in [5, 5.41) is 0. The second-order valence-corrected chi connectivity index (χ2v) is 6.86. The van der Waals surface area contributed by atoms with Gasteiger partial charge in [-0.1, -0.05) is 48.0 Å². The number of benzene rings is 1. The van der Waals surface area contributed by atoms with E-state index in [1.165, 1.54) is 16.6 Å². The summed E-state index contributed by atoms with van der Waals surface area (Å²) in [6, 6.07) is 8.76. The van der Waals surface area contributed by atoms with Crippen LogP contribution in [0.25, 0.3) is 0 Å². The van der Waals surface area contributed by atoms with Crippen LogP contribution in [0.4, 0.5) is 0 Å². The van der Waals surface area contributed by atoms with Crippen LogP contribution in [0, 0.1) is 5.92 Å². The number of nitrogens with two attached hydrogens (primary N) is 1. The summed E-state index contributed by atoms with van der Waals surface area (Å²) in [5.41, 5.74) is 7.36. The molecule has 1 fully saturated rings. The molecule has 2 N–H and O–H groups in total. The number of hydrogen-bond acceptors (Lipinski definition) is 3. The topological polar surface area (TPSA) is 32.5 Å². The predicted molar refractivity (Wildman–Crippen MR) is 88.8 cm³/mol. The first kappa shape index (κ1) is 16.0. The van der Waals surface area contributed by atoms with Crippen LogP contribution >= 0.6 is 15.9 Å². The van der Waals surface area contributed by atoms with Gasteiger partial charge in [-0.3, -0.25) is 4.90 Å². The summed E-state index contributed by atoms with van der Waals surface area (Å²) < 4.78 is 1.17. The van der Waals surface area contributed by atoms with Crippen LogP contribution in [0.5, 0.6) is 0 Å². The van der Waals surface area contributed by atoms with Crippen molar-refractivity contribution in [1.82, 2.24) is 9.80 Å². The molecule has 20 heavy (non-hydrogen) atoms. The van der Waals surface area contributed by atoms with Crippen molar-refractivity contribution in [3.05, 3.63) is 34.3 Å². The Morgan fingerprint density at radius 2 is 1.80 bits per heavy atom. The molecule has 1 unspecified atom stereocenters. The fourth-order valence-electron chi connectivity index (χ4n) is 2.99. The van der Waals surface area contributed by atoms with E-state index in [0.717, 1.165) is 32.1 Å². The Kier molecular flexibility index (Phi) is 6.02. The Balaban J connectivity index is 1.99. The first-order valence-electron chi connectivity index (χ1n) is 7.52. The van der Waals surface area contributed by atoms with Gasteiger partial charge in [0, 0.05) is 49.8 Å². The van der Waals surface area contributed by atoms with Crippen LogP contribution in [0.3, 0.4) is 0 Å². The molecule has 1 aliphatic heterocycles. The third kappa shape index (κ3) is 4.04. The molecule has 1 heterocycles. The summed E-state index contributed by atoms with van der Waals surface area (Å²) in [6.45, 7) is 11.0. The van der Waals surface area contributed by atoms with Gasteiger partial charge in [0.15, 0.2) is 0 Å². The normalized spacial score (nSPS) is 19.4. The Hall–Kier alpha value is -0.420. The van der Waals surface area contributed by atoms with E-state index in [-0.39, 0.29) is 0 Å². The number of halogens is 1. The Labute approximate surface area is 131 Å². The molecule has 1 atom stereocenters. The van der Waals surface area contributed by atoms with Gasteiger partial charge in [0.05, 0.1) is 0 Å². The van der Waals surface area contributed by atoms with Crippen LogP contribution in [0.1, 0.15) is 25.5 Å². The van der Waals surface area contributed by atoms with Gasteiger partial charge >= 0.3 is 0 Å². The molecule has 0 aromatic heterocycles. The molecule has 1 saturated heterocycles. The van der Waals surface area contributed by atoms with Crippen molar-refractivity contribution in [2.24, 2.45) is 11.7 Å². The van der Waals surface area contributed by atoms with Gasteiger partial charge in [-0.05, 0) is 17.5 Å². The van der Waals surface area contributed by atoms with E-state index in [9.17, 15) is 0 Å². The number of nitrogens with zero attached hydrogens (tertiary/aromatic N) is 2. The highest BCUT2D eigenvalue weighted by molar-refractivity contribution is 9.10. The van der Waals surface area contributed by atoms with Gasteiger partial charge in [0.1, 0.15) is 0 Å². The highest BCUT2D eigenvalue weighted by Crippen LogP contribution is 2.27. The maximum Gasteiger partial charge on any atom is 0.0482 e. The zero-order valence-corrected chi connectivity index (χ0v) is 14.1. The van der Waals surface area contributed by atoms with Crippen LogP contribution in [-0.2, 0) is 0 Å². The second kappa shape index (κ2) is 7.55. The molecule has 0 spiro atoms. The number of rotatable bonds is 5. The first-order chi connectivity index (χ1) is 9.61. The molecule has 2 rings (SSSR count). The summed E-state index contributed by atoms with van der Waals surface area (Å²) in [4.78, 5) is 5.09. The lowest BCUT2D eigenvalue weighted by Gasteiger charge is -2.40. The molecule has 0 saturated carbocycles. The summed E-state index contributed by atoms with van der Waals surface area (Å²) in [7, 11) is 0. The summed E-state index contributed by atoms with van der Waals surface area (Å²) in [6.07, 6.45) is 0. The minimum absolute atomic E-state index is 0.326. The summed E-state index contributed by atoms with van der Waals surface area (Å²) in [5.74, 6) is 0.745. The van der Waals surface area contributed by atoms with Crippen LogP contribution < -0.4 is 5.73 Å². The maximum atomic E-state index is 6.04. The van der Waals surface area contributed by atoms with Gasteiger partial charge in [0.2, 0.25) is 0 Å². The Bertz CT molecular complexity index is 414. The first-order valence-corrected chi connectivity index (χ1v) is 8.32. The van der Waals surface area contributed by atoms with Crippen molar-refractivity contribution in [3.63, 3.8) is 0 Å². The second-order valence-electron chi connectivity index (χ2n) is 6.00. The largest absolute Gasteiger partial charge is 0.329 e. The summed E-state index contributed by atoms with van der Waals surface area (Å²) >= 11 is 3.66. The van der Waals surface area contributed by atoms with Gasteiger partial charge in [-0.2, -0.15) is 0 Å². The van der Waals surface area contributed by atoms with E-state index >= 15 is 0 Å². The molecule has 0 amide bonds. The maximum absolute atomic E-state index is 6.04. The zero-order chi connectivity index (χ0) is 14.5. The fourth-order valence-corrected chi connectivity index (χ4v) is 3.54. The average Bonchev–Trinajstić information content (AvgIpc) is 2.43. The van der Waals surface area contributed by atoms with E-state index in [2.05, 4.69) is 63.8 Å². The highest BCUT2D eigenvalue weighted by atomic mass is 79.9. The molecular formula is C16H26BrN3. The molecule has 4 heteroatoms. The van der Waals surface area contributed by atoms with Gasteiger partial charge in [-0.25, -0.2) is 0 Å². The van der Waals surface area contributed by atoms with E-state index in [1.54, 1.807) is 0 Å². The van der Waals surface area contributed by atoms with Crippen molar-refractivity contribution < 1.29 is 0 Å². The molecule has 0 aliphatic carbocycles. The minimum Gasteiger partial charge on any atom is -0.329 e. The number of piperazine rings is 1. The Morgan fingerprint density at radius 3 is 2.35 bits per heavy atom. The van der Waals surface area contributed by atoms with Gasteiger partial charge < -0.3 is 10.6 Å². The third-order valence-corrected chi connectivity index (χ3v) is 4.68. The van der Waals surface area contributed by atoms with Crippen molar-refractivity contribution in [2.75, 3.05) is 39.3 Å². The van der Waals surface area contributed by atoms with E-state index in [1.807, 2.05) is 0 Å². The Morgan fingerprint density at radius 1 is 1.15 bits per heavy atom. The van der Waals surface area contributed by atoms with E-state index in [0.29, 0.717) is 12.6 Å². The van der Waals surface area contributed by atoms with Crippen molar-refractivity contribution >= 4 is 15.9 Å². The molecule has 112 valence electrons.